The number of nitrogens with zero attached hydrogens (tertiary/aromatic N) is 1. The summed E-state index contributed by atoms with van der Waals surface area (Å²) in [6.45, 7) is 5.35. The largest absolute Gasteiger partial charge is 0.372 e. The molecule has 162 valence electrons. The van der Waals surface area contributed by atoms with Gasteiger partial charge in [0.15, 0.2) is 0 Å². The maximum atomic E-state index is 13.4. The highest BCUT2D eigenvalue weighted by Gasteiger charge is 2.26. The van der Waals surface area contributed by atoms with Crippen LogP contribution in [0.3, 0.4) is 0 Å². The molecule has 1 aromatic heterocycles. The lowest BCUT2D eigenvalue weighted by atomic mass is 10.1. The Morgan fingerprint density at radius 2 is 1.84 bits per heavy atom. The Morgan fingerprint density at radius 1 is 1.16 bits per heavy atom. The first-order chi connectivity index (χ1) is 14.8. The van der Waals surface area contributed by atoms with Gasteiger partial charge in [-0.15, -0.1) is 11.3 Å². The summed E-state index contributed by atoms with van der Waals surface area (Å²) < 4.78 is 19.7. The molecule has 8 heteroatoms. The molecule has 0 radical (unpaired) electrons. The highest BCUT2D eigenvalue weighted by Crippen LogP contribution is 2.35. The molecule has 1 fully saturated rings. The molecule has 0 aliphatic carbocycles. The van der Waals surface area contributed by atoms with Gasteiger partial charge < -0.3 is 15.0 Å². The summed E-state index contributed by atoms with van der Waals surface area (Å²) in [6.07, 6.45) is 0.0267. The summed E-state index contributed by atoms with van der Waals surface area (Å²) in [6, 6.07) is 11.4. The number of thiophene rings is 1. The van der Waals surface area contributed by atoms with E-state index < -0.39 is 0 Å². The Labute approximate surface area is 188 Å². The zero-order valence-electron chi connectivity index (χ0n) is 17.2. The van der Waals surface area contributed by atoms with Crippen molar-refractivity contribution in [3.05, 3.63) is 69.3 Å². The summed E-state index contributed by atoms with van der Waals surface area (Å²) in [4.78, 5) is 27.5. The SMILES string of the molecule is CC1CN(C(=O)c2ccc(CNC(=O)c3sc4cc(F)ccc4c3Cl)cc2)CC(C)O1. The van der Waals surface area contributed by atoms with Crippen molar-refractivity contribution in [3.63, 3.8) is 0 Å². The number of amides is 2. The molecular weight excluding hydrogens is 439 g/mol. The Morgan fingerprint density at radius 3 is 2.52 bits per heavy atom. The summed E-state index contributed by atoms with van der Waals surface area (Å²) in [5.74, 6) is -0.710. The van der Waals surface area contributed by atoms with Crippen molar-refractivity contribution in [1.82, 2.24) is 10.2 Å². The molecule has 0 bridgehead atoms. The van der Waals surface area contributed by atoms with Crippen LogP contribution in [0.2, 0.25) is 5.02 Å². The van der Waals surface area contributed by atoms with Crippen LogP contribution < -0.4 is 5.32 Å². The number of benzene rings is 2. The monoisotopic (exact) mass is 460 g/mol. The van der Waals surface area contributed by atoms with Crippen LogP contribution >= 0.6 is 22.9 Å². The highest BCUT2D eigenvalue weighted by atomic mass is 35.5. The Bertz CT molecular complexity index is 1120. The lowest BCUT2D eigenvalue weighted by Gasteiger charge is -2.35. The van der Waals surface area contributed by atoms with Crippen LogP contribution in [0.5, 0.6) is 0 Å². The van der Waals surface area contributed by atoms with Crippen molar-refractivity contribution in [3.8, 4) is 0 Å². The first kappa shape index (κ1) is 21.7. The number of fused-ring (bicyclic) bond motifs is 1. The zero-order valence-corrected chi connectivity index (χ0v) is 18.7. The molecule has 0 spiro atoms. The molecule has 2 amide bonds. The smallest absolute Gasteiger partial charge is 0.263 e. The molecule has 4 rings (SSSR count). The van der Waals surface area contributed by atoms with E-state index >= 15 is 0 Å². The average molecular weight is 461 g/mol. The number of rotatable bonds is 4. The lowest BCUT2D eigenvalue weighted by Crippen LogP contribution is -2.48. The number of hydrogen-bond donors (Lipinski definition) is 1. The van der Waals surface area contributed by atoms with E-state index in [1.165, 1.54) is 12.1 Å². The van der Waals surface area contributed by atoms with Crippen LogP contribution in [0.25, 0.3) is 10.1 Å². The van der Waals surface area contributed by atoms with Crippen LogP contribution in [-0.4, -0.2) is 42.0 Å². The van der Waals surface area contributed by atoms with Crippen LogP contribution in [0.15, 0.2) is 42.5 Å². The number of morpholine rings is 1. The predicted octanol–water partition coefficient (Wildman–Crippen LogP) is 4.87. The summed E-state index contributed by atoms with van der Waals surface area (Å²) in [5.41, 5.74) is 1.46. The fraction of sp³-hybridized carbons (Fsp3) is 0.304. The molecule has 1 aliphatic rings. The van der Waals surface area contributed by atoms with Gasteiger partial charge in [0.05, 0.1) is 17.2 Å². The van der Waals surface area contributed by atoms with Gasteiger partial charge in [0.2, 0.25) is 0 Å². The van der Waals surface area contributed by atoms with E-state index in [9.17, 15) is 14.0 Å². The first-order valence-corrected chi connectivity index (χ1v) is 11.2. The Balaban J connectivity index is 1.40. The van der Waals surface area contributed by atoms with E-state index in [0.717, 1.165) is 16.9 Å². The molecule has 31 heavy (non-hydrogen) atoms. The number of ether oxygens (including phenoxy) is 1. The average Bonchev–Trinajstić information content (AvgIpc) is 3.07. The molecule has 5 nitrogen and oxygen atoms in total. The van der Waals surface area contributed by atoms with Gasteiger partial charge in [0.1, 0.15) is 10.7 Å². The molecule has 1 N–H and O–H groups in total. The second kappa shape index (κ2) is 8.94. The lowest BCUT2D eigenvalue weighted by molar-refractivity contribution is -0.0586. The van der Waals surface area contributed by atoms with E-state index in [1.54, 1.807) is 18.2 Å². The van der Waals surface area contributed by atoms with Crippen molar-refractivity contribution in [2.75, 3.05) is 13.1 Å². The van der Waals surface area contributed by atoms with Gasteiger partial charge in [-0.25, -0.2) is 4.39 Å². The molecule has 0 saturated carbocycles. The van der Waals surface area contributed by atoms with E-state index in [0.29, 0.717) is 38.6 Å². The maximum absolute atomic E-state index is 13.4. The third kappa shape index (κ3) is 4.74. The fourth-order valence-corrected chi connectivity index (χ4v) is 5.20. The number of carbonyl (C=O) groups excluding carboxylic acids is 2. The minimum atomic E-state index is -0.368. The van der Waals surface area contributed by atoms with Crippen molar-refractivity contribution in [1.29, 1.82) is 0 Å². The molecule has 2 unspecified atom stereocenters. The van der Waals surface area contributed by atoms with Crippen LogP contribution in [0.1, 0.15) is 39.4 Å². The van der Waals surface area contributed by atoms with Gasteiger partial charge in [0, 0.05) is 35.3 Å². The van der Waals surface area contributed by atoms with Crippen LogP contribution in [-0.2, 0) is 11.3 Å². The summed E-state index contributed by atoms with van der Waals surface area (Å²) >= 11 is 7.47. The van der Waals surface area contributed by atoms with Gasteiger partial charge >= 0.3 is 0 Å². The maximum Gasteiger partial charge on any atom is 0.263 e. The Hall–Kier alpha value is -2.48. The molecule has 2 aromatic carbocycles. The van der Waals surface area contributed by atoms with Crippen molar-refractivity contribution < 1.29 is 18.7 Å². The minimum Gasteiger partial charge on any atom is -0.372 e. The van der Waals surface area contributed by atoms with Crippen molar-refractivity contribution in [2.45, 2.75) is 32.6 Å². The quantitative estimate of drug-likeness (QED) is 0.604. The first-order valence-electron chi connectivity index (χ1n) is 10.0. The molecule has 2 atom stereocenters. The molecule has 1 aliphatic heterocycles. The van der Waals surface area contributed by atoms with E-state index in [1.807, 2.05) is 30.9 Å². The second-order valence-electron chi connectivity index (χ2n) is 7.73. The highest BCUT2D eigenvalue weighted by molar-refractivity contribution is 7.21. The molecule has 2 heterocycles. The Kier molecular flexibility index (Phi) is 6.27. The molecule has 1 saturated heterocycles. The number of nitrogens with one attached hydrogen (secondary N) is 1. The third-order valence-corrected chi connectivity index (χ3v) is 6.81. The number of halogens is 2. The molecular formula is C23H22ClFN2O3S. The standard InChI is InChI=1S/C23H22ClFN2O3S/c1-13-11-27(12-14(2)30-13)23(29)16-5-3-15(4-6-16)10-26-22(28)21-20(24)18-8-7-17(25)9-19(18)31-21/h3-9,13-14H,10-12H2,1-2H3,(H,26,28). The van der Waals surface area contributed by atoms with Crippen LogP contribution in [0, 0.1) is 5.82 Å². The van der Waals surface area contributed by atoms with Crippen molar-refractivity contribution in [2.24, 2.45) is 0 Å². The van der Waals surface area contributed by atoms with Crippen molar-refractivity contribution >= 4 is 44.8 Å². The van der Waals surface area contributed by atoms with E-state index in [4.69, 9.17) is 16.3 Å². The number of hydrogen-bond acceptors (Lipinski definition) is 4. The topological polar surface area (TPSA) is 58.6 Å². The third-order valence-electron chi connectivity index (χ3n) is 5.16. The van der Waals surface area contributed by atoms with E-state index in [2.05, 4.69) is 5.32 Å². The summed E-state index contributed by atoms with van der Waals surface area (Å²) in [7, 11) is 0. The predicted molar refractivity (Wildman–Crippen MR) is 120 cm³/mol. The number of carbonyl (C=O) groups is 2. The minimum absolute atomic E-state index is 0.0133. The summed E-state index contributed by atoms with van der Waals surface area (Å²) in [5, 5.41) is 3.82. The van der Waals surface area contributed by atoms with Gasteiger partial charge in [-0.05, 0) is 49.7 Å². The van der Waals surface area contributed by atoms with Gasteiger partial charge in [-0.3, -0.25) is 9.59 Å². The molecule has 3 aromatic rings. The van der Waals surface area contributed by atoms with Gasteiger partial charge in [-0.2, -0.15) is 0 Å². The fourth-order valence-electron chi connectivity index (χ4n) is 3.74. The van der Waals surface area contributed by atoms with Gasteiger partial charge in [-0.1, -0.05) is 23.7 Å². The van der Waals surface area contributed by atoms with E-state index in [-0.39, 0.29) is 36.4 Å². The zero-order chi connectivity index (χ0) is 22.1. The van der Waals surface area contributed by atoms with Crippen LogP contribution in [0.4, 0.5) is 4.39 Å². The van der Waals surface area contributed by atoms with Gasteiger partial charge in [0.25, 0.3) is 11.8 Å². The second-order valence-corrected chi connectivity index (χ2v) is 9.16. The normalized spacial score (nSPS) is 18.9.